The van der Waals surface area contributed by atoms with E-state index in [0.29, 0.717) is 35.7 Å². The highest BCUT2D eigenvalue weighted by molar-refractivity contribution is 6.01. The maximum absolute atomic E-state index is 13.6. The first-order valence-electron chi connectivity index (χ1n) is 12.1. The number of benzene rings is 2. The smallest absolute Gasteiger partial charge is 0.247 e. The molecule has 7 heteroatoms. The third kappa shape index (κ3) is 7.40. The summed E-state index contributed by atoms with van der Waals surface area (Å²) in [6.07, 6.45) is 5.90. The molecule has 0 spiro atoms. The Hall–Kier alpha value is -3.22. The van der Waals surface area contributed by atoms with Gasteiger partial charge in [-0.15, -0.1) is 0 Å². The van der Waals surface area contributed by atoms with Gasteiger partial charge in [0.25, 0.3) is 0 Å². The van der Waals surface area contributed by atoms with Crippen LogP contribution in [0.4, 0.5) is 5.69 Å². The van der Waals surface area contributed by atoms with E-state index < -0.39 is 6.04 Å². The second-order valence-electron chi connectivity index (χ2n) is 8.25. The van der Waals surface area contributed by atoms with Crippen molar-refractivity contribution in [1.82, 2.24) is 5.32 Å². The van der Waals surface area contributed by atoms with Gasteiger partial charge in [-0.2, -0.15) is 0 Å². The predicted molar refractivity (Wildman–Crippen MR) is 135 cm³/mol. The maximum atomic E-state index is 13.6. The van der Waals surface area contributed by atoms with Gasteiger partial charge in [-0.05, 0) is 42.7 Å². The van der Waals surface area contributed by atoms with Crippen molar-refractivity contribution in [2.45, 2.75) is 64.8 Å². The van der Waals surface area contributed by atoms with Gasteiger partial charge in [0.15, 0.2) is 11.5 Å². The number of ether oxygens (including phenoxy) is 2. The largest absolute Gasteiger partial charge is 0.508 e. The molecule has 1 unspecified atom stereocenters. The van der Waals surface area contributed by atoms with Crippen LogP contribution in [0.1, 0.15) is 70.4 Å². The van der Waals surface area contributed by atoms with E-state index in [1.54, 1.807) is 42.3 Å². The fraction of sp³-hybridized carbons (Fsp3) is 0.481. The minimum atomic E-state index is -0.894. The van der Waals surface area contributed by atoms with E-state index in [0.717, 1.165) is 38.5 Å². The lowest BCUT2D eigenvalue weighted by molar-refractivity contribution is -0.126. The number of unbranched alkanes of at least 4 members (excludes halogenated alkanes) is 4. The van der Waals surface area contributed by atoms with Crippen molar-refractivity contribution in [2.75, 3.05) is 25.7 Å². The molecule has 0 aliphatic carbocycles. The van der Waals surface area contributed by atoms with Crippen molar-refractivity contribution in [3.05, 3.63) is 48.0 Å². The van der Waals surface area contributed by atoms with Crippen LogP contribution in [0.5, 0.6) is 17.2 Å². The van der Waals surface area contributed by atoms with Crippen LogP contribution in [0.15, 0.2) is 42.5 Å². The molecule has 0 bridgehead atoms. The lowest BCUT2D eigenvalue weighted by Crippen LogP contribution is -2.44. The number of amides is 2. The molecule has 0 saturated carbocycles. The number of anilines is 1. The Morgan fingerprint density at radius 3 is 2.18 bits per heavy atom. The second-order valence-corrected chi connectivity index (χ2v) is 8.25. The van der Waals surface area contributed by atoms with Crippen LogP contribution in [-0.4, -0.2) is 37.7 Å². The van der Waals surface area contributed by atoms with E-state index >= 15 is 0 Å². The van der Waals surface area contributed by atoms with Crippen molar-refractivity contribution >= 4 is 17.5 Å². The monoisotopic (exact) mass is 470 g/mol. The third-order valence-corrected chi connectivity index (χ3v) is 5.70. The standard InChI is InChI=1S/C27H38N2O5/c1-5-7-9-11-25(31)29(21-14-17-23(33-3)24(19-21)34-4)26(20-12-15-22(30)16-13-20)27(32)28-18-10-8-6-2/h12-17,19,26,30H,5-11,18H2,1-4H3,(H,28,32). The zero-order valence-corrected chi connectivity index (χ0v) is 20.8. The first-order chi connectivity index (χ1) is 16.5. The normalized spacial score (nSPS) is 11.5. The van der Waals surface area contributed by atoms with Crippen LogP contribution < -0.4 is 19.7 Å². The zero-order valence-electron chi connectivity index (χ0n) is 20.8. The van der Waals surface area contributed by atoms with E-state index in [2.05, 4.69) is 19.2 Å². The van der Waals surface area contributed by atoms with E-state index in [4.69, 9.17) is 9.47 Å². The van der Waals surface area contributed by atoms with Crippen LogP contribution in [0, 0.1) is 0 Å². The zero-order chi connectivity index (χ0) is 24.9. The van der Waals surface area contributed by atoms with Gasteiger partial charge in [-0.1, -0.05) is 51.7 Å². The van der Waals surface area contributed by atoms with E-state index in [1.807, 2.05) is 0 Å². The summed E-state index contributed by atoms with van der Waals surface area (Å²) in [6, 6.07) is 10.7. The van der Waals surface area contributed by atoms with Crippen molar-refractivity contribution in [1.29, 1.82) is 0 Å². The Morgan fingerprint density at radius 1 is 0.912 bits per heavy atom. The summed E-state index contributed by atoms with van der Waals surface area (Å²) < 4.78 is 10.8. The van der Waals surface area contributed by atoms with Crippen LogP contribution in [-0.2, 0) is 9.59 Å². The number of nitrogens with zero attached hydrogens (tertiary/aromatic N) is 1. The summed E-state index contributed by atoms with van der Waals surface area (Å²) in [5, 5.41) is 12.8. The van der Waals surface area contributed by atoms with Gasteiger partial charge in [-0.3, -0.25) is 14.5 Å². The molecule has 0 heterocycles. The lowest BCUT2D eigenvalue weighted by atomic mass is 10.0. The Labute approximate surface area is 203 Å². The summed E-state index contributed by atoms with van der Waals surface area (Å²) in [7, 11) is 3.08. The molecule has 0 aliphatic heterocycles. The maximum Gasteiger partial charge on any atom is 0.247 e. The summed E-state index contributed by atoms with van der Waals surface area (Å²) in [4.78, 5) is 28.6. The average Bonchev–Trinajstić information content (AvgIpc) is 2.85. The molecule has 2 aromatic rings. The molecular formula is C27H38N2O5. The van der Waals surface area contributed by atoms with Crippen LogP contribution in [0.2, 0.25) is 0 Å². The molecule has 1 atom stereocenters. The number of phenols is 1. The van der Waals surface area contributed by atoms with Crippen molar-refractivity contribution in [3.8, 4) is 17.2 Å². The Kier molecular flexibility index (Phi) is 11.2. The molecule has 2 rings (SSSR count). The molecule has 0 aromatic heterocycles. The number of methoxy groups -OCH3 is 2. The molecule has 7 nitrogen and oxygen atoms in total. The fourth-order valence-corrected chi connectivity index (χ4v) is 3.82. The van der Waals surface area contributed by atoms with Crippen LogP contribution in [0.3, 0.4) is 0 Å². The minimum absolute atomic E-state index is 0.0952. The number of aromatic hydroxyl groups is 1. The summed E-state index contributed by atoms with van der Waals surface area (Å²) in [6.45, 7) is 4.72. The highest BCUT2D eigenvalue weighted by Crippen LogP contribution is 2.36. The SMILES string of the molecule is CCCCCNC(=O)C(c1ccc(O)cc1)N(C(=O)CCCCC)c1ccc(OC)c(OC)c1. The van der Waals surface area contributed by atoms with Gasteiger partial charge in [0, 0.05) is 24.7 Å². The molecule has 186 valence electrons. The lowest BCUT2D eigenvalue weighted by Gasteiger charge is -2.32. The molecule has 34 heavy (non-hydrogen) atoms. The molecule has 0 fully saturated rings. The Morgan fingerprint density at radius 2 is 1.56 bits per heavy atom. The fourth-order valence-electron chi connectivity index (χ4n) is 3.82. The number of hydrogen-bond acceptors (Lipinski definition) is 5. The summed E-state index contributed by atoms with van der Waals surface area (Å²) in [5.41, 5.74) is 1.16. The number of hydrogen-bond donors (Lipinski definition) is 2. The van der Waals surface area contributed by atoms with Crippen LogP contribution in [0.25, 0.3) is 0 Å². The summed E-state index contributed by atoms with van der Waals surface area (Å²) in [5.74, 6) is 0.690. The second kappa shape index (κ2) is 14.1. The number of carbonyl (C=O) groups is 2. The molecule has 2 N–H and O–H groups in total. The van der Waals surface area contributed by atoms with E-state index in [-0.39, 0.29) is 17.6 Å². The van der Waals surface area contributed by atoms with Gasteiger partial charge in [0.2, 0.25) is 11.8 Å². The number of nitrogens with one attached hydrogen (secondary N) is 1. The molecule has 2 amide bonds. The Bertz CT molecular complexity index is 914. The molecular weight excluding hydrogens is 432 g/mol. The summed E-state index contributed by atoms with van der Waals surface area (Å²) >= 11 is 0. The third-order valence-electron chi connectivity index (χ3n) is 5.70. The van der Waals surface area contributed by atoms with Crippen molar-refractivity contribution < 1.29 is 24.2 Å². The number of phenolic OH excluding ortho intramolecular Hbond substituents is 1. The number of carbonyl (C=O) groups excluding carboxylic acids is 2. The van der Waals surface area contributed by atoms with Gasteiger partial charge in [-0.25, -0.2) is 0 Å². The van der Waals surface area contributed by atoms with Crippen molar-refractivity contribution in [2.24, 2.45) is 0 Å². The van der Waals surface area contributed by atoms with Crippen LogP contribution >= 0.6 is 0 Å². The van der Waals surface area contributed by atoms with Gasteiger partial charge < -0.3 is 19.9 Å². The number of rotatable bonds is 14. The quantitative estimate of drug-likeness (QED) is 0.362. The first kappa shape index (κ1) is 27.0. The molecule has 0 aliphatic rings. The molecule has 0 saturated heterocycles. The molecule has 0 radical (unpaired) electrons. The van der Waals surface area contributed by atoms with Gasteiger partial charge in [0.05, 0.1) is 14.2 Å². The van der Waals surface area contributed by atoms with Gasteiger partial charge >= 0.3 is 0 Å². The van der Waals surface area contributed by atoms with E-state index in [1.165, 1.54) is 19.2 Å². The predicted octanol–water partition coefficient (Wildman–Crippen LogP) is 5.37. The highest BCUT2D eigenvalue weighted by Gasteiger charge is 2.33. The highest BCUT2D eigenvalue weighted by atomic mass is 16.5. The topological polar surface area (TPSA) is 88.1 Å². The first-order valence-corrected chi connectivity index (χ1v) is 12.1. The Balaban J connectivity index is 2.53. The van der Waals surface area contributed by atoms with Gasteiger partial charge in [0.1, 0.15) is 11.8 Å². The van der Waals surface area contributed by atoms with Crippen molar-refractivity contribution in [3.63, 3.8) is 0 Å². The average molecular weight is 471 g/mol. The van der Waals surface area contributed by atoms with E-state index in [9.17, 15) is 14.7 Å². The molecule has 2 aromatic carbocycles. The minimum Gasteiger partial charge on any atom is -0.508 e.